The van der Waals surface area contributed by atoms with E-state index in [1.165, 1.54) is 24.0 Å². The van der Waals surface area contributed by atoms with E-state index < -0.39 is 0 Å². The van der Waals surface area contributed by atoms with Crippen LogP contribution in [0.1, 0.15) is 40.0 Å². The maximum absolute atomic E-state index is 6.31. The van der Waals surface area contributed by atoms with Gasteiger partial charge in [-0.2, -0.15) is 0 Å². The van der Waals surface area contributed by atoms with Gasteiger partial charge in [0.2, 0.25) is 0 Å². The van der Waals surface area contributed by atoms with Gasteiger partial charge in [0.15, 0.2) is 0 Å². The SMILES string of the molecule is CCCCCN(c1ccc2scnc2c1N)C(C)C. The van der Waals surface area contributed by atoms with Crippen molar-refractivity contribution in [2.24, 2.45) is 0 Å². The monoisotopic (exact) mass is 277 g/mol. The van der Waals surface area contributed by atoms with Crippen LogP contribution < -0.4 is 10.6 Å². The van der Waals surface area contributed by atoms with E-state index >= 15 is 0 Å². The molecule has 1 aromatic carbocycles. The van der Waals surface area contributed by atoms with Gasteiger partial charge in [0, 0.05) is 12.6 Å². The molecule has 0 aliphatic carbocycles. The molecule has 0 spiro atoms. The van der Waals surface area contributed by atoms with E-state index in [1.54, 1.807) is 11.3 Å². The van der Waals surface area contributed by atoms with E-state index in [4.69, 9.17) is 5.73 Å². The third kappa shape index (κ3) is 3.00. The molecule has 104 valence electrons. The van der Waals surface area contributed by atoms with E-state index in [-0.39, 0.29) is 0 Å². The zero-order valence-corrected chi connectivity index (χ0v) is 12.8. The third-order valence-corrected chi connectivity index (χ3v) is 4.25. The lowest BCUT2D eigenvalue weighted by Crippen LogP contribution is -2.32. The number of nitrogen functional groups attached to an aromatic ring is 1. The van der Waals surface area contributed by atoms with Crippen molar-refractivity contribution in [2.45, 2.75) is 46.1 Å². The summed E-state index contributed by atoms with van der Waals surface area (Å²) in [6.45, 7) is 7.73. The van der Waals surface area contributed by atoms with Gasteiger partial charge < -0.3 is 10.6 Å². The molecule has 0 atom stereocenters. The van der Waals surface area contributed by atoms with Crippen LogP contribution in [-0.2, 0) is 0 Å². The summed E-state index contributed by atoms with van der Waals surface area (Å²) in [5, 5.41) is 0. The fourth-order valence-electron chi connectivity index (χ4n) is 2.38. The van der Waals surface area contributed by atoms with Crippen molar-refractivity contribution in [1.82, 2.24) is 4.98 Å². The van der Waals surface area contributed by atoms with E-state index in [2.05, 4.69) is 42.8 Å². The van der Waals surface area contributed by atoms with Crippen LogP contribution >= 0.6 is 11.3 Å². The molecule has 2 aromatic rings. The Morgan fingerprint density at radius 3 is 2.79 bits per heavy atom. The summed E-state index contributed by atoms with van der Waals surface area (Å²) in [5.41, 5.74) is 11.1. The molecule has 0 aliphatic heterocycles. The molecule has 0 fully saturated rings. The van der Waals surface area contributed by atoms with Crippen molar-refractivity contribution in [1.29, 1.82) is 0 Å². The predicted octanol–water partition coefficient (Wildman–Crippen LogP) is 4.28. The summed E-state index contributed by atoms with van der Waals surface area (Å²) in [5.74, 6) is 0. The third-order valence-electron chi connectivity index (χ3n) is 3.45. The lowest BCUT2D eigenvalue weighted by molar-refractivity contribution is 0.627. The Bertz CT molecular complexity index is 533. The van der Waals surface area contributed by atoms with Gasteiger partial charge >= 0.3 is 0 Å². The fourth-order valence-corrected chi connectivity index (χ4v) is 3.07. The van der Waals surface area contributed by atoms with E-state index in [0.29, 0.717) is 6.04 Å². The Balaban J connectivity index is 2.30. The number of benzene rings is 1. The molecule has 0 aliphatic rings. The molecule has 4 heteroatoms. The average molecular weight is 277 g/mol. The molecule has 19 heavy (non-hydrogen) atoms. The maximum atomic E-state index is 6.31. The van der Waals surface area contributed by atoms with E-state index in [1.807, 2.05) is 5.51 Å². The Kier molecular flexibility index (Phi) is 4.64. The predicted molar refractivity (Wildman–Crippen MR) is 86.0 cm³/mol. The summed E-state index contributed by atoms with van der Waals surface area (Å²) in [4.78, 5) is 6.78. The first-order valence-corrected chi connectivity index (χ1v) is 7.91. The highest BCUT2D eigenvalue weighted by Crippen LogP contribution is 2.33. The highest BCUT2D eigenvalue weighted by Gasteiger charge is 2.15. The maximum Gasteiger partial charge on any atom is 0.106 e. The van der Waals surface area contributed by atoms with Crippen LogP contribution in [0.3, 0.4) is 0 Å². The molecular formula is C15H23N3S. The first-order chi connectivity index (χ1) is 9.15. The standard InChI is InChI=1S/C15H23N3S/c1-4-5-6-9-18(11(2)3)12-7-8-13-15(14(12)16)17-10-19-13/h7-8,10-11H,4-6,9,16H2,1-3H3. The summed E-state index contributed by atoms with van der Waals surface area (Å²) in [6.07, 6.45) is 3.72. The molecular weight excluding hydrogens is 254 g/mol. The molecule has 0 saturated carbocycles. The molecule has 1 aromatic heterocycles. The lowest BCUT2D eigenvalue weighted by atomic mass is 10.1. The van der Waals surface area contributed by atoms with Gasteiger partial charge in [-0.05, 0) is 32.4 Å². The van der Waals surface area contributed by atoms with Gasteiger partial charge in [0.05, 0.1) is 21.6 Å². The van der Waals surface area contributed by atoms with Crippen LogP contribution in [0.15, 0.2) is 17.6 Å². The quantitative estimate of drug-likeness (QED) is 0.633. The first kappa shape index (κ1) is 14.1. The minimum absolute atomic E-state index is 0.454. The van der Waals surface area contributed by atoms with E-state index in [9.17, 15) is 0 Å². The van der Waals surface area contributed by atoms with Crippen LogP contribution in [0.5, 0.6) is 0 Å². The minimum atomic E-state index is 0.454. The lowest BCUT2D eigenvalue weighted by Gasteiger charge is -2.30. The highest BCUT2D eigenvalue weighted by molar-refractivity contribution is 7.16. The van der Waals surface area contributed by atoms with Crippen LogP contribution in [0.2, 0.25) is 0 Å². The minimum Gasteiger partial charge on any atom is -0.395 e. The molecule has 0 bridgehead atoms. The fraction of sp³-hybridized carbons (Fsp3) is 0.533. The van der Waals surface area contributed by atoms with Crippen molar-refractivity contribution in [3.05, 3.63) is 17.6 Å². The zero-order valence-electron chi connectivity index (χ0n) is 12.0. The number of nitrogens with two attached hydrogens (primary N) is 1. The van der Waals surface area contributed by atoms with E-state index in [0.717, 1.165) is 23.4 Å². The number of aromatic nitrogens is 1. The number of unbranched alkanes of at least 4 members (excludes halogenated alkanes) is 2. The number of nitrogens with zero attached hydrogens (tertiary/aromatic N) is 2. The highest BCUT2D eigenvalue weighted by atomic mass is 32.1. The summed E-state index contributed by atoms with van der Waals surface area (Å²) in [6, 6.07) is 4.73. The smallest absolute Gasteiger partial charge is 0.106 e. The number of hydrogen-bond donors (Lipinski definition) is 1. The molecule has 2 rings (SSSR count). The number of hydrogen-bond acceptors (Lipinski definition) is 4. The normalized spacial score (nSPS) is 11.4. The molecule has 0 amide bonds. The zero-order chi connectivity index (χ0) is 13.8. The molecule has 0 saturated heterocycles. The van der Waals surface area contributed by atoms with Crippen molar-refractivity contribution in [2.75, 3.05) is 17.2 Å². The number of fused-ring (bicyclic) bond motifs is 1. The van der Waals surface area contributed by atoms with Crippen LogP contribution in [0, 0.1) is 0 Å². The Labute approximate surface area is 119 Å². The molecule has 1 heterocycles. The second-order valence-electron chi connectivity index (χ2n) is 5.19. The van der Waals surface area contributed by atoms with Gasteiger partial charge in [-0.25, -0.2) is 4.98 Å². The topological polar surface area (TPSA) is 42.2 Å². The van der Waals surface area contributed by atoms with Gasteiger partial charge in [-0.1, -0.05) is 19.8 Å². The van der Waals surface area contributed by atoms with Crippen LogP contribution in [0.4, 0.5) is 11.4 Å². The average Bonchev–Trinajstić information content (AvgIpc) is 2.85. The second-order valence-corrected chi connectivity index (χ2v) is 6.08. The van der Waals surface area contributed by atoms with Crippen molar-refractivity contribution in [3.63, 3.8) is 0 Å². The number of thiazole rings is 1. The molecule has 3 nitrogen and oxygen atoms in total. The second kappa shape index (κ2) is 6.24. The van der Waals surface area contributed by atoms with Crippen molar-refractivity contribution < 1.29 is 0 Å². The Morgan fingerprint density at radius 2 is 2.11 bits per heavy atom. The first-order valence-electron chi connectivity index (χ1n) is 7.03. The van der Waals surface area contributed by atoms with Crippen molar-refractivity contribution in [3.8, 4) is 0 Å². The summed E-state index contributed by atoms with van der Waals surface area (Å²) < 4.78 is 1.17. The van der Waals surface area contributed by atoms with Crippen molar-refractivity contribution >= 4 is 32.9 Å². The van der Waals surface area contributed by atoms with Gasteiger partial charge in [-0.3, -0.25) is 0 Å². The summed E-state index contributed by atoms with van der Waals surface area (Å²) >= 11 is 1.64. The van der Waals surface area contributed by atoms with Gasteiger partial charge in [0.25, 0.3) is 0 Å². The van der Waals surface area contributed by atoms with Gasteiger partial charge in [0.1, 0.15) is 5.52 Å². The summed E-state index contributed by atoms with van der Waals surface area (Å²) in [7, 11) is 0. The molecule has 0 radical (unpaired) electrons. The van der Waals surface area contributed by atoms with Crippen LogP contribution in [-0.4, -0.2) is 17.6 Å². The van der Waals surface area contributed by atoms with Gasteiger partial charge in [-0.15, -0.1) is 11.3 Å². The Hall–Kier alpha value is -1.29. The molecule has 0 unspecified atom stereocenters. The number of anilines is 2. The number of rotatable bonds is 6. The molecule has 2 N–H and O–H groups in total. The van der Waals surface area contributed by atoms with Crippen LogP contribution in [0.25, 0.3) is 10.2 Å². The largest absolute Gasteiger partial charge is 0.395 e. The Morgan fingerprint density at radius 1 is 1.32 bits per heavy atom.